The van der Waals surface area contributed by atoms with Crippen LogP contribution in [0.5, 0.6) is 0 Å². The monoisotopic (exact) mass is 374 g/mol. The van der Waals surface area contributed by atoms with Crippen molar-refractivity contribution in [2.45, 2.75) is 25.4 Å². The smallest absolute Gasteiger partial charge is 0.270 e. The Balaban J connectivity index is 1.64. The number of H-pyrrole nitrogens is 1. The van der Waals surface area contributed by atoms with Gasteiger partial charge in [-0.25, -0.2) is 0 Å². The van der Waals surface area contributed by atoms with Crippen LogP contribution in [0.3, 0.4) is 0 Å². The van der Waals surface area contributed by atoms with Crippen LogP contribution < -0.4 is 0 Å². The molecule has 3 nitrogen and oxygen atoms in total. The summed E-state index contributed by atoms with van der Waals surface area (Å²) in [5, 5.41) is 3.13. The van der Waals surface area contributed by atoms with Crippen LogP contribution in [0.15, 0.2) is 46.3 Å². The van der Waals surface area contributed by atoms with Crippen molar-refractivity contribution in [3.8, 4) is 0 Å². The fourth-order valence-electron chi connectivity index (χ4n) is 2.69. The SMILES string of the molecule is O=C(c1cc2ccc(Br)cc2[nH]1)N(Cc1cccs1)C1CC1. The second-order valence-electron chi connectivity index (χ2n) is 5.66. The summed E-state index contributed by atoms with van der Waals surface area (Å²) in [7, 11) is 0. The Kier molecular flexibility index (Phi) is 3.54. The molecule has 22 heavy (non-hydrogen) atoms. The standard InChI is InChI=1S/C17H15BrN2OS/c18-12-4-3-11-8-16(19-15(11)9-12)17(21)20(13-5-6-13)10-14-2-1-7-22-14/h1-4,7-9,13,19H,5-6,10H2. The highest BCUT2D eigenvalue weighted by Gasteiger charge is 2.33. The number of amides is 1. The summed E-state index contributed by atoms with van der Waals surface area (Å²) in [6, 6.07) is 12.5. The Bertz CT molecular complexity index is 820. The van der Waals surface area contributed by atoms with E-state index >= 15 is 0 Å². The molecule has 3 aromatic rings. The van der Waals surface area contributed by atoms with E-state index in [1.165, 1.54) is 4.88 Å². The number of fused-ring (bicyclic) bond motifs is 1. The number of halogens is 1. The van der Waals surface area contributed by atoms with Gasteiger partial charge in [-0.15, -0.1) is 11.3 Å². The largest absolute Gasteiger partial charge is 0.350 e. The number of nitrogens with one attached hydrogen (secondary N) is 1. The number of thiophene rings is 1. The summed E-state index contributed by atoms with van der Waals surface area (Å²) in [6.45, 7) is 0.709. The van der Waals surface area contributed by atoms with E-state index in [1.54, 1.807) is 11.3 Å². The zero-order valence-corrected chi connectivity index (χ0v) is 14.3. The molecule has 1 aliphatic rings. The van der Waals surface area contributed by atoms with Gasteiger partial charge in [0.2, 0.25) is 0 Å². The average molecular weight is 375 g/mol. The van der Waals surface area contributed by atoms with E-state index in [2.05, 4.69) is 32.4 Å². The summed E-state index contributed by atoms with van der Waals surface area (Å²) < 4.78 is 1.01. The van der Waals surface area contributed by atoms with E-state index in [0.29, 0.717) is 18.3 Å². The number of hydrogen-bond acceptors (Lipinski definition) is 2. The van der Waals surface area contributed by atoms with Crippen LogP contribution in [0.1, 0.15) is 28.2 Å². The predicted octanol–water partition coefficient (Wildman–Crippen LogP) is 4.80. The molecule has 1 fully saturated rings. The third-order valence-electron chi connectivity index (χ3n) is 3.97. The van der Waals surface area contributed by atoms with Gasteiger partial charge in [-0.2, -0.15) is 0 Å². The Morgan fingerprint density at radius 2 is 2.18 bits per heavy atom. The molecule has 112 valence electrons. The molecule has 5 heteroatoms. The fourth-order valence-corrected chi connectivity index (χ4v) is 3.76. The number of hydrogen-bond donors (Lipinski definition) is 1. The van der Waals surface area contributed by atoms with E-state index in [0.717, 1.165) is 28.2 Å². The number of aromatic amines is 1. The Labute approximate surface area is 141 Å². The maximum absolute atomic E-state index is 12.9. The molecule has 0 saturated heterocycles. The summed E-state index contributed by atoms with van der Waals surface area (Å²) >= 11 is 5.17. The minimum Gasteiger partial charge on any atom is -0.350 e. The van der Waals surface area contributed by atoms with Crippen LogP contribution in [0.4, 0.5) is 0 Å². The van der Waals surface area contributed by atoms with Gasteiger partial charge in [0.15, 0.2) is 0 Å². The van der Waals surface area contributed by atoms with Gasteiger partial charge in [0.05, 0.1) is 6.54 Å². The molecule has 1 aromatic carbocycles. The van der Waals surface area contributed by atoms with Gasteiger partial charge >= 0.3 is 0 Å². The molecule has 0 atom stereocenters. The van der Waals surface area contributed by atoms with Crippen molar-refractivity contribution in [2.24, 2.45) is 0 Å². The minimum atomic E-state index is 0.100. The zero-order valence-electron chi connectivity index (χ0n) is 11.9. The van der Waals surface area contributed by atoms with Crippen LogP contribution in [0.25, 0.3) is 10.9 Å². The molecular weight excluding hydrogens is 360 g/mol. The molecule has 1 N–H and O–H groups in total. The van der Waals surface area contributed by atoms with Crippen molar-refractivity contribution in [2.75, 3.05) is 0 Å². The summed E-state index contributed by atoms with van der Waals surface area (Å²) in [5.74, 6) is 0.100. The molecule has 0 bridgehead atoms. The van der Waals surface area contributed by atoms with Crippen LogP contribution in [-0.2, 0) is 6.54 Å². The topological polar surface area (TPSA) is 36.1 Å². The highest BCUT2D eigenvalue weighted by atomic mass is 79.9. The highest BCUT2D eigenvalue weighted by molar-refractivity contribution is 9.10. The third-order valence-corrected chi connectivity index (χ3v) is 5.32. The summed E-state index contributed by atoms with van der Waals surface area (Å²) in [5.41, 5.74) is 1.67. The van der Waals surface area contributed by atoms with Gasteiger partial charge in [-0.1, -0.05) is 28.1 Å². The first kappa shape index (κ1) is 14.0. The molecular formula is C17H15BrN2OS. The molecule has 2 aromatic heterocycles. The number of rotatable bonds is 4. The number of carbonyl (C=O) groups is 1. The first-order valence-corrected chi connectivity index (χ1v) is 8.99. The molecule has 4 rings (SSSR count). The van der Waals surface area contributed by atoms with Gasteiger partial charge < -0.3 is 9.88 Å². The van der Waals surface area contributed by atoms with Gasteiger partial charge in [0.1, 0.15) is 5.69 Å². The summed E-state index contributed by atoms with van der Waals surface area (Å²) in [4.78, 5) is 19.4. The van der Waals surface area contributed by atoms with Crippen LogP contribution >= 0.6 is 27.3 Å². The Morgan fingerprint density at radius 3 is 2.91 bits per heavy atom. The molecule has 1 aliphatic carbocycles. The molecule has 0 unspecified atom stereocenters. The maximum atomic E-state index is 12.9. The van der Waals surface area contributed by atoms with E-state index < -0.39 is 0 Å². The van der Waals surface area contributed by atoms with E-state index in [4.69, 9.17) is 0 Å². The maximum Gasteiger partial charge on any atom is 0.270 e. The fraction of sp³-hybridized carbons (Fsp3) is 0.235. The number of aromatic nitrogens is 1. The Hall–Kier alpha value is -1.59. The van der Waals surface area contributed by atoms with E-state index in [1.807, 2.05) is 35.2 Å². The minimum absolute atomic E-state index is 0.100. The lowest BCUT2D eigenvalue weighted by atomic mass is 10.2. The molecule has 0 spiro atoms. The highest BCUT2D eigenvalue weighted by Crippen LogP contribution is 2.31. The second-order valence-corrected chi connectivity index (χ2v) is 7.61. The van der Waals surface area contributed by atoms with Gasteiger partial charge in [0, 0.05) is 26.3 Å². The van der Waals surface area contributed by atoms with E-state index in [-0.39, 0.29) is 5.91 Å². The van der Waals surface area contributed by atoms with Crippen molar-refractivity contribution in [3.05, 3.63) is 56.8 Å². The number of carbonyl (C=O) groups excluding carboxylic acids is 1. The predicted molar refractivity (Wildman–Crippen MR) is 93.2 cm³/mol. The van der Waals surface area contributed by atoms with E-state index in [9.17, 15) is 4.79 Å². The van der Waals surface area contributed by atoms with Crippen molar-refractivity contribution in [1.82, 2.24) is 9.88 Å². The Morgan fingerprint density at radius 1 is 1.32 bits per heavy atom. The van der Waals surface area contributed by atoms with Crippen molar-refractivity contribution in [3.63, 3.8) is 0 Å². The van der Waals surface area contributed by atoms with Crippen LogP contribution in [0, 0.1) is 0 Å². The van der Waals surface area contributed by atoms with Crippen molar-refractivity contribution < 1.29 is 4.79 Å². The third kappa shape index (κ3) is 2.71. The van der Waals surface area contributed by atoms with Crippen LogP contribution in [0.2, 0.25) is 0 Å². The first-order chi connectivity index (χ1) is 10.7. The molecule has 0 radical (unpaired) electrons. The van der Waals surface area contributed by atoms with Gasteiger partial charge in [0.25, 0.3) is 5.91 Å². The van der Waals surface area contributed by atoms with Crippen LogP contribution in [-0.4, -0.2) is 21.8 Å². The lowest BCUT2D eigenvalue weighted by Crippen LogP contribution is -2.32. The average Bonchev–Trinajstić information content (AvgIpc) is 3.06. The molecule has 0 aliphatic heterocycles. The molecule has 1 saturated carbocycles. The normalized spacial score (nSPS) is 14.4. The second kappa shape index (κ2) is 5.56. The number of nitrogens with zero attached hydrogens (tertiary/aromatic N) is 1. The quantitative estimate of drug-likeness (QED) is 0.699. The zero-order chi connectivity index (χ0) is 15.1. The lowest BCUT2D eigenvalue weighted by molar-refractivity contribution is 0.0726. The van der Waals surface area contributed by atoms with Gasteiger partial charge in [-0.05, 0) is 42.5 Å². The molecule has 2 heterocycles. The van der Waals surface area contributed by atoms with Gasteiger partial charge in [-0.3, -0.25) is 4.79 Å². The lowest BCUT2D eigenvalue weighted by Gasteiger charge is -2.21. The summed E-state index contributed by atoms with van der Waals surface area (Å²) in [6.07, 6.45) is 2.23. The van der Waals surface area contributed by atoms with Crippen molar-refractivity contribution >= 4 is 44.1 Å². The first-order valence-electron chi connectivity index (χ1n) is 7.32. The van der Waals surface area contributed by atoms with Crippen molar-refractivity contribution in [1.29, 1.82) is 0 Å². The number of benzene rings is 1. The molecule has 1 amide bonds.